The number of aromatic nitrogens is 1. The highest BCUT2D eigenvalue weighted by Gasteiger charge is 2.18. The summed E-state index contributed by atoms with van der Waals surface area (Å²) in [6, 6.07) is 6.06. The van der Waals surface area contributed by atoms with Crippen molar-refractivity contribution in [1.29, 1.82) is 0 Å². The van der Waals surface area contributed by atoms with Gasteiger partial charge in [-0.15, -0.1) is 0 Å². The van der Waals surface area contributed by atoms with Gasteiger partial charge in [0.15, 0.2) is 0 Å². The van der Waals surface area contributed by atoms with Gasteiger partial charge in [-0.2, -0.15) is 0 Å². The topological polar surface area (TPSA) is 59.3 Å². The molecule has 2 aromatic rings. The van der Waals surface area contributed by atoms with Gasteiger partial charge in [-0.05, 0) is 43.4 Å². The zero-order chi connectivity index (χ0) is 17.1. The van der Waals surface area contributed by atoms with Crippen LogP contribution < -0.4 is 5.43 Å². The first-order valence-electron chi connectivity index (χ1n) is 9.02. The van der Waals surface area contributed by atoms with Gasteiger partial charge < -0.3 is 9.67 Å². The summed E-state index contributed by atoms with van der Waals surface area (Å²) in [6.45, 7) is 2.60. The molecule has 1 aromatic heterocycles. The number of hydrogen-bond acceptors (Lipinski definition) is 2. The summed E-state index contributed by atoms with van der Waals surface area (Å²) in [5, 5.41) is 9.86. The molecule has 1 saturated carbocycles. The lowest BCUT2D eigenvalue weighted by atomic mass is 9.85. The largest absolute Gasteiger partial charge is 0.477 e. The van der Waals surface area contributed by atoms with E-state index in [-0.39, 0.29) is 11.0 Å². The lowest BCUT2D eigenvalue weighted by Crippen LogP contribution is -2.19. The summed E-state index contributed by atoms with van der Waals surface area (Å²) in [6.07, 6.45) is 10.1. The molecule has 128 valence electrons. The number of aryl methyl sites for hydroxylation is 1. The number of hydrogen-bond donors (Lipinski definition) is 1. The molecule has 0 spiro atoms. The van der Waals surface area contributed by atoms with Gasteiger partial charge in [-0.25, -0.2) is 4.79 Å². The van der Waals surface area contributed by atoms with Crippen molar-refractivity contribution in [1.82, 2.24) is 4.57 Å². The van der Waals surface area contributed by atoms with E-state index in [1.165, 1.54) is 43.9 Å². The lowest BCUT2D eigenvalue weighted by molar-refractivity contribution is 0.0695. The van der Waals surface area contributed by atoms with E-state index in [1.54, 1.807) is 0 Å². The van der Waals surface area contributed by atoms with Crippen LogP contribution in [-0.2, 0) is 6.54 Å². The molecule has 4 nitrogen and oxygen atoms in total. The Balaban J connectivity index is 2.10. The van der Waals surface area contributed by atoms with Crippen LogP contribution in [-0.4, -0.2) is 15.6 Å². The molecule has 1 N–H and O–H groups in total. The van der Waals surface area contributed by atoms with Gasteiger partial charge in [0.1, 0.15) is 5.56 Å². The highest BCUT2D eigenvalue weighted by Crippen LogP contribution is 2.32. The summed E-state index contributed by atoms with van der Waals surface area (Å²) in [7, 11) is 0. The van der Waals surface area contributed by atoms with Gasteiger partial charge in [-0.3, -0.25) is 4.79 Å². The van der Waals surface area contributed by atoms with Gasteiger partial charge in [0.2, 0.25) is 5.43 Å². The van der Waals surface area contributed by atoms with Crippen LogP contribution in [0.3, 0.4) is 0 Å². The van der Waals surface area contributed by atoms with E-state index < -0.39 is 5.97 Å². The molecule has 1 fully saturated rings. The first-order chi connectivity index (χ1) is 11.6. The maximum atomic E-state index is 12.6. The molecule has 0 amide bonds. The SMILES string of the molecule is CCn1cc(C(=O)O)c(=O)c2cc(C3CCCCCCC3)ccc21. The Hall–Kier alpha value is -2.10. The Morgan fingerprint density at radius 3 is 2.46 bits per heavy atom. The quantitative estimate of drug-likeness (QED) is 0.900. The number of benzene rings is 1. The predicted octanol–water partition coefficient (Wildman–Crippen LogP) is 4.55. The second-order valence-electron chi connectivity index (χ2n) is 6.78. The third kappa shape index (κ3) is 3.23. The maximum Gasteiger partial charge on any atom is 0.341 e. The molecule has 1 aliphatic carbocycles. The van der Waals surface area contributed by atoms with E-state index in [2.05, 4.69) is 6.07 Å². The standard InChI is InChI=1S/C20H25NO3/c1-2-21-13-17(20(23)24)19(22)16-12-15(10-11-18(16)21)14-8-6-4-3-5-7-9-14/h10-14H,2-9H2,1H3,(H,23,24). The van der Waals surface area contributed by atoms with Crippen LogP contribution in [0.15, 0.2) is 29.2 Å². The molecule has 4 heteroatoms. The van der Waals surface area contributed by atoms with Crippen molar-refractivity contribution >= 4 is 16.9 Å². The van der Waals surface area contributed by atoms with E-state index in [4.69, 9.17) is 0 Å². The lowest BCUT2D eigenvalue weighted by Gasteiger charge is -2.21. The molecule has 0 atom stereocenters. The number of fused-ring (bicyclic) bond motifs is 1. The summed E-state index contributed by atoms with van der Waals surface area (Å²) >= 11 is 0. The number of carboxylic acids is 1. The summed E-state index contributed by atoms with van der Waals surface area (Å²) in [5.74, 6) is -0.668. The van der Waals surface area contributed by atoms with Crippen LogP contribution >= 0.6 is 0 Å². The number of rotatable bonds is 3. The molecule has 1 aliphatic rings. The summed E-state index contributed by atoms with van der Waals surface area (Å²) < 4.78 is 1.85. The number of aromatic carboxylic acids is 1. The molecule has 0 unspecified atom stereocenters. The van der Waals surface area contributed by atoms with Crippen LogP contribution in [0, 0.1) is 0 Å². The van der Waals surface area contributed by atoms with Crippen molar-refractivity contribution in [2.24, 2.45) is 0 Å². The van der Waals surface area contributed by atoms with Crippen LogP contribution in [0.2, 0.25) is 0 Å². The molecule has 0 bridgehead atoms. The number of pyridine rings is 1. The molecular formula is C20H25NO3. The molecular weight excluding hydrogens is 302 g/mol. The average Bonchev–Trinajstić information content (AvgIpc) is 2.54. The smallest absolute Gasteiger partial charge is 0.341 e. The molecule has 24 heavy (non-hydrogen) atoms. The highest BCUT2D eigenvalue weighted by molar-refractivity contribution is 5.92. The van der Waals surface area contributed by atoms with Crippen LogP contribution in [0.4, 0.5) is 0 Å². The monoisotopic (exact) mass is 327 g/mol. The molecule has 0 radical (unpaired) electrons. The highest BCUT2D eigenvalue weighted by atomic mass is 16.4. The van der Waals surface area contributed by atoms with Crippen molar-refractivity contribution in [2.45, 2.75) is 64.3 Å². The summed E-state index contributed by atoms with van der Waals surface area (Å²) in [4.78, 5) is 24.0. The Kier molecular flexibility index (Phi) is 5.03. The fourth-order valence-corrected chi connectivity index (χ4v) is 3.87. The molecule has 0 saturated heterocycles. The van der Waals surface area contributed by atoms with Crippen LogP contribution in [0.1, 0.15) is 73.7 Å². The Morgan fingerprint density at radius 1 is 1.17 bits per heavy atom. The van der Waals surface area contributed by atoms with Gasteiger partial charge in [0.25, 0.3) is 0 Å². The number of carbonyl (C=O) groups is 1. The summed E-state index contributed by atoms with van der Waals surface area (Å²) in [5.41, 5.74) is 1.50. The predicted molar refractivity (Wildman–Crippen MR) is 95.9 cm³/mol. The third-order valence-electron chi connectivity index (χ3n) is 5.25. The minimum Gasteiger partial charge on any atom is -0.477 e. The van der Waals surface area contributed by atoms with Crippen molar-refractivity contribution in [3.63, 3.8) is 0 Å². The fourth-order valence-electron chi connectivity index (χ4n) is 3.87. The van der Waals surface area contributed by atoms with E-state index >= 15 is 0 Å². The number of nitrogens with zero attached hydrogens (tertiary/aromatic N) is 1. The zero-order valence-electron chi connectivity index (χ0n) is 14.3. The van der Waals surface area contributed by atoms with Crippen molar-refractivity contribution in [3.8, 4) is 0 Å². The van der Waals surface area contributed by atoms with Crippen molar-refractivity contribution < 1.29 is 9.90 Å². The van der Waals surface area contributed by atoms with Gasteiger partial charge >= 0.3 is 5.97 Å². The minimum absolute atomic E-state index is 0.140. The molecule has 3 rings (SSSR count). The van der Waals surface area contributed by atoms with E-state index in [0.29, 0.717) is 17.8 Å². The zero-order valence-corrected chi connectivity index (χ0v) is 14.3. The minimum atomic E-state index is -1.15. The number of carboxylic acid groups (broad SMARTS) is 1. The Bertz CT molecular complexity index is 798. The first kappa shape index (κ1) is 16.7. The molecule has 0 aliphatic heterocycles. The van der Waals surface area contributed by atoms with Gasteiger partial charge in [0.05, 0.1) is 5.52 Å². The Morgan fingerprint density at radius 2 is 1.83 bits per heavy atom. The normalized spacial score (nSPS) is 16.7. The average molecular weight is 327 g/mol. The van der Waals surface area contributed by atoms with Crippen molar-refractivity contribution in [2.75, 3.05) is 0 Å². The van der Waals surface area contributed by atoms with Crippen molar-refractivity contribution in [3.05, 3.63) is 45.7 Å². The second kappa shape index (κ2) is 7.20. The first-order valence-corrected chi connectivity index (χ1v) is 9.02. The van der Waals surface area contributed by atoms with E-state index in [0.717, 1.165) is 18.4 Å². The second-order valence-corrected chi connectivity index (χ2v) is 6.78. The Labute approximate surface area is 142 Å². The fraction of sp³-hybridized carbons (Fsp3) is 0.500. The van der Waals surface area contributed by atoms with Crippen LogP contribution in [0.5, 0.6) is 0 Å². The van der Waals surface area contributed by atoms with Crippen LogP contribution in [0.25, 0.3) is 10.9 Å². The maximum absolute atomic E-state index is 12.6. The van der Waals surface area contributed by atoms with Gasteiger partial charge in [-0.1, -0.05) is 38.2 Å². The van der Waals surface area contributed by atoms with E-state index in [9.17, 15) is 14.7 Å². The molecule has 1 heterocycles. The van der Waals surface area contributed by atoms with Gasteiger partial charge in [0, 0.05) is 18.1 Å². The third-order valence-corrected chi connectivity index (χ3v) is 5.25. The molecule has 1 aromatic carbocycles. The van der Waals surface area contributed by atoms with E-state index in [1.807, 2.05) is 23.6 Å².